The lowest BCUT2D eigenvalue weighted by Crippen LogP contribution is -2.41. The zero-order chi connectivity index (χ0) is 16.2. The van der Waals surface area contributed by atoms with Crippen LogP contribution in [0.15, 0.2) is 36.1 Å². The Morgan fingerprint density at radius 1 is 1.27 bits per heavy atom. The normalized spacial score (nSPS) is 13.3. The molecule has 1 unspecified atom stereocenters. The van der Waals surface area contributed by atoms with Gasteiger partial charge in [0.1, 0.15) is 5.01 Å². The van der Waals surface area contributed by atoms with Crippen molar-refractivity contribution in [2.75, 3.05) is 0 Å². The first-order chi connectivity index (χ1) is 10.3. The maximum atomic E-state index is 6.46. The van der Waals surface area contributed by atoms with Gasteiger partial charge in [-0.15, -0.1) is 11.3 Å². The summed E-state index contributed by atoms with van der Waals surface area (Å²) in [5, 5.41) is 3.02. The summed E-state index contributed by atoms with van der Waals surface area (Å²) >= 11 is 1.59. The van der Waals surface area contributed by atoms with E-state index in [4.69, 9.17) is 4.43 Å². The van der Waals surface area contributed by atoms with Gasteiger partial charge in [0.2, 0.25) is 0 Å². The second kappa shape index (κ2) is 6.74. The van der Waals surface area contributed by atoms with E-state index >= 15 is 0 Å². The van der Waals surface area contributed by atoms with Crippen molar-refractivity contribution in [1.29, 1.82) is 0 Å². The minimum Gasteiger partial charge on any atom is -0.398 e. The molecule has 0 spiro atoms. The largest absolute Gasteiger partial charge is 0.398 e. The fourth-order valence-corrected chi connectivity index (χ4v) is 3.37. The van der Waals surface area contributed by atoms with Crippen LogP contribution in [0.2, 0.25) is 18.1 Å². The van der Waals surface area contributed by atoms with Crippen LogP contribution in [0.3, 0.4) is 0 Å². The number of nitrogens with zero attached hydrogens (tertiary/aromatic N) is 2. The molecule has 116 valence electrons. The second-order valence-electron chi connectivity index (χ2n) is 6.64. The van der Waals surface area contributed by atoms with Crippen molar-refractivity contribution in [1.82, 2.24) is 9.97 Å². The molecule has 0 aliphatic carbocycles. The third-order valence-corrected chi connectivity index (χ3v) is 9.16. The van der Waals surface area contributed by atoms with Gasteiger partial charge in [-0.25, -0.2) is 4.98 Å². The van der Waals surface area contributed by atoms with Crippen LogP contribution in [-0.4, -0.2) is 18.3 Å². The molecule has 0 amide bonds. The van der Waals surface area contributed by atoms with E-state index in [1.807, 2.05) is 17.5 Å². The average Bonchev–Trinajstić information content (AvgIpc) is 2.97. The summed E-state index contributed by atoms with van der Waals surface area (Å²) in [5.74, 6) is 6.40. The van der Waals surface area contributed by atoms with Crippen LogP contribution in [-0.2, 0) is 4.43 Å². The predicted molar refractivity (Wildman–Crippen MR) is 94.3 cm³/mol. The summed E-state index contributed by atoms with van der Waals surface area (Å²) in [4.78, 5) is 8.48. The lowest BCUT2D eigenvalue weighted by molar-refractivity contribution is 0.237. The van der Waals surface area contributed by atoms with Crippen LogP contribution in [0.4, 0.5) is 0 Å². The number of rotatable bonds is 3. The molecule has 0 bridgehead atoms. The van der Waals surface area contributed by atoms with E-state index < -0.39 is 8.32 Å². The highest BCUT2D eigenvalue weighted by Gasteiger charge is 2.39. The number of thiazole rings is 1. The SMILES string of the molecule is CC(C)(C)[Si](C)(C)OC(C#Cc1cccnc1)c1nccs1. The Labute approximate surface area is 137 Å². The lowest BCUT2D eigenvalue weighted by atomic mass is 10.2. The molecule has 5 heteroatoms. The highest BCUT2D eigenvalue weighted by molar-refractivity contribution is 7.09. The molecule has 0 aliphatic rings. The molecule has 1 atom stereocenters. The van der Waals surface area contributed by atoms with Gasteiger partial charge in [0, 0.05) is 29.5 Å². The molecule has 3 nitrogen and oxygen atoms in total. The average molecular weight is 331 g/mol. The molecule has 0 radical (unpaired) electrons. The molecule has 0 saturated carbocycles. The molecule has 0 saturated heterocycles. The number of hydrogen-bond donors (Lipinski definition) is 0. The summed E-state index contributed by atoms with van der Waals surface area (Å²) < 4.78 is 6.46. The van der Waals surface area contributed by atoms with Gasteiger partial charge in [-0.2, -0.15) is 0 Å². The molecule has 0 aliphatic heterocycles. The first kappa shape index (κ1) is 16.9. The Morgan fingerprint density at radius 2 is 2.05 bits per heavy atom. The fourth-order valence-electron chi connectivity index (χ4n) is 1.56. The highest BCUT2D eigenvalue weighted by Crippen LogP contribution is 2.39. The summed E-state index contributed by atoms with van der Waals surface area (Å²) in [6.07, 6.45) is 5.03. The van der Waals surface area contributed by atoms with Gasteiger partial charge in [0.25, 0.3) is 0 Å². The van der Waals surface area contributed by atoms with Crippen molar-refractivity contribution in [3.05, 3.63) is 46.7 Å². The van der Waals surface area contributed by atoms with Gasteiger partial charge in [0.05, 0.1) is 0 Å². The van der Waals surface area contributed by atoms with E-state index in [-0.39, 0.29) is 11.1 Å². The van der Waals surface area contributed by atoms with Crippen LogP contribution in [0.25, 0.3) is 0 Å². The summed E-state index contributed by atoms with van der Waals surface area (Å²) in [7, 11) is -1.91. The van der Waals surface area contributed by atoms with Gasteiger partial charge in [-0.05, 0) is 30.3 Å². The molecule has 2 heterocycles. The molecule has 0 fully saturated rings. The molecular weight excluding hydrogens is 308 g/mol. The fraction of sp³-hybridized carbons (Fsp3) is 0.412. The van der Waals surface area contributed by atoms with E-state index in [0.717, 1.165) is 10.6 Å². The maximum absolute atomic E-state index is 6.46. The van der Waals surface area contributed by atoms with Crippen molar-refractivity contribution in [3.8, 4) is 11.8 Å². The standard InChI is InChI=1S/C17H22N2OSSi/c1-17(2,3)22(4,5)20-15(16-19-11-12-21-16)9-8-14-7-6-10-18-13-14/h6-7,10-13,15H,1-5H3. The van der Waals surface area contributed by atoms with Crippen LogP contribution in [0.1, 0.15) is 37.4 Å². The van der Waals surface area contributed by atoms with E-state index in [1.54, 1.807) is 29.9 Å². The minimum atomic E-state index is -1.91. The first-order valence-corrected chi connectivity index (χ1v) is 11.1. The maximum Gasteiger partial charge on any atom is 0.194 e. The van der Waals surface area contributed by atoms with Crippen molar-refractivity contribution >= 4 is 19.7 Å². The van der Waals surface area contributed by atoms with Gasteiger partial charge < -0.3 is 4.43 Å². The van der Waals surface area contributed by atoms with E-state index in [0.29, 0.717) is 0 Å². The minimum absolute atomic E-state index is 0.137. The van der Waals surface area contributed by atoms with E-state index in [9.17, 15) is 0 Å². The third kappa shape index (κ3) is 4.26. The third-order valence-electron chi connectivity index (χ3n) is 3.90. The lowest BCUT2D eigenvalue weighted by Gasteiger charge is -2.37. The zero-order valence-electron chi connectivity index (χ0n) is 13.8. The van der Waals surface area contributed by atoms with Crippen molar-refractivity contribution in [2.45, 2.75) is 45.0 Å². The van der Waals surface area contributed by atoms with Crippen LogP contribution in [0, 0.1) is 11.8 Å². The monoisotopic (exact) mass is 330 g/mol. The molecule has 0 N–H and O–H groups in total. The van der Waals surface area contributed by atoms with Gasteiger partial charge >= 0.3 is 0 Å². The van der Waals surface area contributed by atoms with Crippen LogP contribution in [0.5, 0.6) is 0 Å². The summed E-state index contributed by atoms with van der Waals surface area (Å²) in [6.45, 7) is 11.2. The first-order valence-electron chi connectivity index (χ1n) is 7.28. The predicted octanol–water partition coefficient (Wildman–Crippen LogP) is 4.65. The van der Waals surface area contributed by atoms with E-state index in [2.05, 4.69) is 55.7 Å². The van der Waals surface area contributed by atoms with Crippen molar-refractivity contribution in [2.24, 2.45) is 0 Å². The summed E-state index contributed by atoms with van der Waals surface area (Å²) in [5.41, 5.74) is 0.892. The Kier molecular flexibility index (Phi) is 5.17. The Bertz CT molecular complexity index is 651. The van der Waals surface area contributed by atoms with Crippen LogP contribution >= 0.6 is 11.3 Å². The van der Waals surface area contributed by atoms with Gasteiger partial charge in [-0.1, -0.05) is 32.6 Å². The molecule has 0 aromatic carbocycles. The Hall–Kier alpha value is -1.48. The second-order valence-corrected chi connectivity index (χ2v) is 12.3. The van der Waals surface area contributed by atoms with E-state index in [1.165, 1.54) is 0 Å². The Morgan fingerprint density at radius 3 is 2.59 bits per heavy atom. The smallest absolute Gasteiger partial charge is 0.194 e. The number of aromatic nitrogens is 2. The molecule has 2 aromatic heterocycles. The van der Waals surface area contributed by atoms with Crippen LogP contribution < -0.4 is 0 Å². The summed E-state index contributed by atoms with van der Waals surface area (Å²) in [6, 6.07) is 3.84. The quantitative estimate of drug-likeness (QED) is 0.607. The van der Waals surface area contributed by atoms with Gasteiger partial charge in [-0.3, -0.25) is 4.98 Å². The zero-order valence-corrected chi connectivity index (χ0v) is 15.6. The molecule has 2 aromatic rings. The molecule has 2 rings (SSSR count). The topological polar surface area (TPSA) is 35.0 Å². The van der Waals surface area contributed by atoms with Gasteiger partial charge in [0.15, 0.2) is 14.4 Å². The Balaban J connectivity index is 2.28. The van der Waals surface area contributed by atoms with Crippen molar-refractivity contribution < 1.29 is 4.43 Å². The molecular formula is C17H22N2OSSi. The molecule has 22 heavy (non-hydrogen) atoms. The number of hydrogen-bond acceptors (Lipinski definition) is 4. The van der Waals surface area contributed by atoms with Crippen molar-refractivity contribution in [3.63, 3.8) is 0 Å². The highest BCUT2D eigenvalue weighted by atomic mass is 32.1. The number of pyridine rings is 1.